The van der Waals surface area contributed by atoms with Gasteiger partial charge in [-0.2, -0.15) is 5.10 Å². The van der Waals surface area contributed by atoms with E-state index in [1.807, 2.05) is 28.9 Å². The zero-order valence-corrected chi connectivity index (χ0v) is 13.2. The molecular formula is C16H22N4O3. The first kappa shape index (κ1) is 17.0. The van der Waals surface area contributed by atoms with Crippen LogP contribution >= 0.6 is 0 Å². The highest BCUT2D eigenvalue weighted by Gasteiger charge is 2.21. The molecule has 0 aliphatic carbocycles. The maximum atomic E-state index is 12.0. The van der Waals surface area contributed by atoms with Crippen LogP contribution in [0.1, 0.15) is 18.4 Å². The van der Waals surface area contributed by atoms with Crippen molar-refractivity contribution < 1.29 is 14.7 Å². The van der Waals surface area contributed by atoms with Gasteiger partial charge in [0.2, 0.25) is 5.91 Å². The third-order valence-electron chi connectivity index (χ3n) is 3.96. The van der Waals surface area contributed by atoms with E-state index in [-0.39, 0.29) is 12.4 Å². The van der Waals surface area contributed by atoms with E-state index in [1.54, 1.807) is 6.20 Å². The Hall–Kier alpha value is -2.41. The number of hydrogen-bond donors (Lipinski definition) is 2. The van der Waals surface area contributed by atoms with Crippen LogP contribution < -0.4 is 5.32 Å². The van der Waals surface area contributed by atoms with E-state index in [9.17, 15) is 4.79 Å². The molecule has 3 heterocycles. The number of nitrogens with zero attached hydrogens (tertiary/aromatic N) is 3. The second kappa shape index (κ2) is 8.28. The number of carbonyl (C=O) groups excluding carboxylic acids is 1. The van der Waals surface area contributed by atoms with Crippen LogP contribution in [0.3, 0.4) is 0 Å². The molecule has 1 aliphatic heterocycles. The Morgan fingerprint density at radius 2 is 2.30 bits per heavy atom. The molecule has 0 aromatic carbocycles. The van der Waals surface area contributed by atoms with Crippen LogP contribution in [0, 0.1) is 5.92 Å². The molecule has 0 spiro atoms. The summed E-state index contributed by atoms with van der Waals surface area (Å²) in [7, 11) is 2.11. The number of aromatic nitrogens is 2. The van der Waals surface area contributed by atoms with Gasteiger partial charge in [-0.15, -0.1) is 0 Å². The van der Waals surface area contributed by atoms with E-state index in [0.717, 1.165) is 30.6 Å². The molecule has 2 aromatic rings. The Morgan fingerprint density at radius 1 is 1.52 bits per heavy atom. The highest BCUT2D eigenvalue weighted by Crippen LogP contribution is 2.17. The first-order chi connectivity index (χ1) is 11.1. The van der Waals surface area contributed by atoms with Crippen molar-refractivity contribution in [1.29, 1.82) is 0 Å². The molecule has 124 valence electrons. The van der Waals surface area contributed by atoms with Crippen molar-refractivity contribution in [2.24, 2.45) is 5.92 Å². The number of carbonyl (C=O) groups is 2. The van der Waals surface area contributed by atoms with Gasteiger partial charge in [-0.25, -0.2) is 4.52 Å². The molecule has 1 amide bonds. The van der Waals surface area contributed by atoms with Gasteiger partial charge in [-0.3, -0.25) is 9.59 Å². The van der Waals surface area contributed by atoms with Crippen LogP contribution in [0.2, 0.25) is 0 Å². The minimum atomic E-state index is -0.250. The molecule has 0 bridgehead atoms. The Bertz CT molecular complexity index is 656. The smallest absolute Gasteiger partial charge is 0.290 e. The lowest BCUT2D eigenvalue weighted by Gasteiger charge is -2.11. The van der Waals surface area contributed by atoms with Crippen LogP contribution in [0.15, 0.2) is 30.6 Å². The van der Waals surface area contributed by atoms with Crippen molar-refractivity contribution in [3.63, 3.8) is 0 Å². The van der Waals surface area contributed by atoms with Crippen molar-refractivity contribution in [2.75, 3.05) is 20.1 Å². The number of pyridine rings is 1. The highest BCUT2D eigenvalue weighted by molar-refractivity contribution is 5.76. The van der Waals surface area contributed by atoms with Crippen molar-refractivity contribution in [2.45, 2.75) is 19.4 Å². The van der Waals surface area contributed by atoms with Crippen LogP contribution in [0.25, 0.3) is 5.52 Å². The first-order valence-electron chi connectivity index (χ1n) is 7.58. The summed E-state index contributed by atoms with van der Waals surface area (Å²) in [4.78, 5) is 22.6. The van der Waals surface area contributed by atoms with Gasteiger partial charge < -0.3 is 15.3 Å². The number of hydrogen-bond acceptors (Lipinski definition) is 4. The molecule has 1 saturated heterocycles. The summed E-state index contributed by atoms with van der Waals surface area (Å²) in [5.74, 6) is 0.651. The van der Waals surface area contributed by atoms with Crippen LogP contribution in [-0.4, -0.2) is 52.1 Å². The standard InChI is InChI=1S/C15H20N4O.CH2O2/c1-18-8-5-12(11-18)9-15(20)16-10-13-3-2-7-19-14(13)4-6-17-19;2-1-3/h2-4,6-7,12H,5,8-11H2,1H3,(H,16,20);1H,(H,2,3). The normalized spacial score (nSPS) is 17.5. The van der Waals surface area contributed by atoms with Gasteiger partial charge in [0.05, 0.1) is 5.52 Å². The van der Waals surface area contributed by atoms with Gasteiger partial charge in [0.1, 0.15) is 0 Å². The minimum absolute atomic E-state index is 0.145. The minimum Gasteiger partial charge on any atom is -0.483 e. The molecule has 1 fully saturated rings. The maximum absolute atomic E-state index is 12.0. The molecule has 3 rings (SSSR count). The van der Waals surface area contributed by atoms with Gasteiger partial charge in [-0.1, -0.05) is 6.07 Å². The zero-order chi connectivity index (χ0) is 16.7. The molecule has 2 aromatic heterocycles. The summed E-state index contributed by atoms with van der Waals surface area (Å²) in [5.41, 5.74) is 2.15. The van der Waals surface area contributed by atoms with Crippen molar-refractivity contribution in [3.05, 3.63) is 36.2 Å². The summed E-state index contributed by atoms with van der Waals surface area (Å²) in [6, 6.07) is 5.95. The molecule has 1 atom stereocenters. The number of rotatable bonds is 4. The van der Waals surface area contributed by atoms with Gasteiger partial charge >= 0.3 is 0 Å². The predicted molar refractivity (Wildman–Crippen MR) is 86.0 cm³/mol. The Morgan fingerprint density at radius 3 is 3.00 bits per heavy atom. The fraction of sp³-hybridized carbons (Fsp3) is 0.438. The molecule has 23 heavy (non-hydrogen) atoms. The lowest BCUT2D eigenvalue weighted by Crippen LogP contribution is -2.26. The molecule has 2 N–H and O–H groups in total. The molecule has 7 nitrogen and oxygen atoms in total. The third-order valence-corrected chi connectivity index (χ3v) is 3.96. The van der Waals surface area contributed by atoms with Crippen LogP contribution in [-0.2, 0) is 16.1 Å². The average Bonchev–Trinajstić information content (AvgIpc) is 3.15. The number of nitrogens with one attached hydrogen (secondary N) is 1. The summed E-state index contributed by atoms with van der Waals surface area (Å²) in [5, 5.41) is 14.1. The second-order valence-corrected chi connectivity index (χ2v) is 5.70. The van der Waals surface area contributed by atoms with Gasteiger partial charge in [0.15, 0.2) is 0 Å². The summed E-state index contributed by atoms with van der Waals surface area (Å²) in [6.07, 6.45) is 5.44. The largest absolute Gasteiger partial charge is 0.483 e. The van der Waals surface area contributed by atoms with E-state index in [2.05, 4.69) is 22.4 Å². The SMILES string of the molecule is CN1CCC(CC(=O)NCc2cccn3nccc23)C1.O=CO. The molecule has 7 heteroatoms. The number of likely N-dealkylation sites (tertiary alicyclic amines) is 1. The first-order valence-corrected chi connectivity index (χ1v) is 7.58. The van der Waals surface area contributed by atoms with E-state index in [0.29, 0.717) is 18.9 Å². The number of amides is 1. The average molecular weight is 318 g/mol. The third kappa shape index (κ3) is 4.79. The van der Waals surface area contributed by atoms with Gasteiger partial charge in [0.25, 0.3) is 6.47 Å². The molecule has 1 aliphatic rings. The Labute approximate surface area is 134 Å². The number of carboxylic acid groups (broad SMARTS) is 1. The molecule has 0 radical (unpaired) electrons. The lowest BCUT2D eigenvalue weighted by molar-refractivity contribution is -0.123. The summed E-state index contributed by atoms with van der Waals surface area (Å²) >= 11 is 0. The molecular weight excluding hydrogens is 296 g/mol. The van der Waals surface area contributed by atoms with E-state index >= 15 is 0 Å². The summed E-state index contributed by atoms with van der Waals surface area (Å²) in [6.45, 7) is 2.45. The van der Waals surface area contributed by atoms with Crippen molar-refractivity contribution in [3.8, 4) is 0 Å². The summed E-state index contributed by atoms with van der Waals surface area (Å²) < 4.78 is 1.83. The number of fused-ring (bicyclic) bond motifs is 1. The zero-order valence-electron chi connectivity index (χ0n) is 13.2. The topological polar surface area (TPSA) is 86.9 Å². The second-order valence-electron chi connectivity index (χ2n) is 5.70. The predicted octanol–water partition coefficient (Wildman–Crippen LogP) is 0.993. The van der Waals surface area contributed by atoms with Crippen LogP contribution in [0.5, 0.6) is 0 Å². The lowest BCUT2D eigenvalue weighted by atomic mass is 10.0. The van der Waals surface area contributed by atoms with Gasteiger partial charge in [0, 0.05) is 31.9 Å². The van der Waals surface area contributed by atoms with Crippen molar-refractivity contribution in [1.82, 2.24) is 19.8 Å². The molecule has 0 saturated carbocycles. The van der Waals surface area contributed by atoms with E-state index in [4.69, 9.17) is 9.90 Å². The maximum Gasteiger partial charge on any atom is 0.290 e. The van der Waals surface area contributed by atoms with Gasteiger partial charge in [-0.05, 0) is 43.6 Å². The highest BCUT2D eigenvalue weighted by atomic mass is 16.3. The van der Waals surface area contributed by atoms with E-state index in [1.165, 1.54) is 0 Å². The quantitative estimate of drug-likeness (QED) is 0.821. The monoisotopic (exact) mass is 318 g/mol. The van der Waals surface area contributed by atoms with Crippen LogP contribution in [0.4, 0.5) is 0 Å². The Balaban J connectivity index is 0.000000595. The van der Waals surface area contributed by atoms with E-state index < -0.39 is 0 Å². The fourth-order valence-electron chi connectivity index (χ4n) is 2.88. The fourth-order valence-corrected chi connectivity index (χ4v) is 2.88. The van der Waals surface area contributed by atoms with Crippen molar-refractivity contribution >= 4 is 17.9 Å². The Kier molecular flexibility index (Phi) is 6.10. The molecule has 1 unspecified atom stereocenters.